The van der Waals surface area contributed by atoms with Crippen molar-refractivity contribution < 1.29 is 9.53 Å². The lowest BCUT2D eigenvalue weighted by Crippen LogP contribution is -2.16. The molecular formula is C18H17N3O2S. The highest BCUT2D eigenvalue weighted by atomic mass is 32.1. The van der Waals surface area contributed by atoms with Crippen LogP contribution in [0, 0.1) is 4.77 Å². The number of rotatable bonds is 5. The largest absolute Gasteiger partial charge is 0.494 e. The van der Waals surface area contributed by atoms with Gasteiger partial charge in [-0.15, -0.1) is 0 Å². The number of carbonyl (C=O) groups excluding carboxylic acids is 1. The number of hydrogen-bond donors (Lipinski definition) is 2. The minimum absolute atomic E-state index is 0.240. The zero-order valence-corrected chi connectivity index (χ0v) is 14.0. The first-order chi connectivity index (χ1) is 11.7. The zero-order valence-electron chi connectivity index (χ0n) is 13.2. The van der Waals surface area contributed by atoms with Crippen LogP contribution in [0.5, 0.6) is 5.75 Å². The van der Waals surface area contributed by atoms with Gasteiger partial charge in [-0.2, -0.15) is 0 Å². The van der Waals surface area contributed by atoms with Gasteiger partial charge in [0.15, 0.2) is 4.77 Å². The van der Waals surface area contributed by atoms with Crippen molar-refractivity contribution in [1.29, 1.82) is 0 Å². The van der Waals surface area contributed by atoms with Crippen LogP contribution in [0.1, 0.15) is 17.4 Å². The van der Waals surface area contributed by atoms with Crippen LogP contribution in [-0.4, -0.2) is 22.1 Å². The topological polar surface area (TPSA) is 59.0 Å². The van der Waals surface area contributed by atoms with E-state index in [0.29, 0.717) is 22.8 Å². The Labute approximate surface area is 144 Å². The van der Waals surface area contributed by atoms with Crippen molar-refractivity contribution in [2.24, 2.45) is 0 Å². The van der Waals surface area contributed by atoms with Crippen LogP contribution >= 0.6 is 12.2 Å². The summed E-state index contributed by atoms with van der Waals surface area (Å²) in [6, 6.07) is 16.8. The summed E-state index contributed by atoms with van der Waals surface area (Å²) in [5.41, 5.74) is 1.97. The molecule has 0 saturated carbocycles. The molecule has 122 valence electrons. The number of benzene rings is 2. The summed E-state index contributed by atoms with van der Waals surface area (Å²) in [5, 5.41) is 2.87. The predicted molar refractivity (Wildman–Crippen MR) is 96.5 cm³/mol. The van der Waals surface area contributed by atoms with Gasteiger partial charge < -0.3 is 15.0 Å². The van der Waals surface area contributed by atoms with Gasteiger partial charge in [0.25, 0.3) is 5.91 Å². The first-order valence-corrected chi connectivity index (χ1v) is 8.00. The molecule has 0 aliphatic rings. The average Bonchev–Trinajstić information content (AvgIpc) is 2.99. The Balaban J connectivity index is 1.85. The van der Waals surface area contributed by atoms with Gasteiger partial charge in [-0.25, -0.2) is 0 Å². The minimum atomic E-state index is -0.240. The van der Waals surface area contributed by atoms with Crippen molar-refractivity contribution in [3.05, 3.63) is 71.3 Å². The first kappa shape index (κ1) is 16.0. The van der Waals surface area contributed by atoms with E-state index in [2.05, 4.69) is 10.3 Å². The van der Waals surface area contributed by atoms with E-state index in [9.17, 15) is 4.79 Å². The molecule has 0 unspecified atom stereocenters. The fourth-order valence-electron chi connectivity index (χ4n) is 2.37. The Kier molecular flexibility index (Phi) is 4.77. The molecule has 24 heavy (non-hydrogen) atoms. The van der Waals surface area contributed by atoms with Crippen LogP contribution in [0.2, 0.25) is 0 Å². The van der Waals surface area contributed by atoms with Gasteiger partial charge in [0.1, 0.15) is 11.4 Å². The molecule has 1 amide bonds. The van der Waals surface area contributed by atoms with Crippen LogP contribution < -0.4 is 10.1 Å². The number of imidazole rings is 1. The Morgan fingerprint density at radius 2 is 1.88 bits per heavy atom. The van der Waals surface area contributed by atoms with E-state index in [-0.39, 0.29) is 5.91 Å². The van der Waals surface area contributed by atoms with E-state index in [1.165, 1.54) is 0 Å². The summed E-state index contributed by atoms with van der Waals surface area (Å²) < 4.78 is 7.57. The summed E-state index contributed by atoms with van der Waals surface area (Å²) in [5.74, 6) is 0.528. The molecule has 1 aromatic heterocycles. The summed E-state index contributed by atoms with van der Waals surface area (Å²) in [6.07, 6.45) is 1.61. The van der Waals surface area contributed by atoms with Gasteiger partial charge in [0, 0.05) is 17.6 Å². The molecule has 0 radical (unpaired) electrons. The normalized spacial score (nSPS) is 10.4. The minimum Gasteiger partial charge on any atom is -0.494 e. The molecule has 2 N–H and O–H groups in total. The van der Waals surface area contributed by atoms with Gasteiger partial charge in [-0.05, 0) is 55.5 Å². The number of ether oxygens (including phenoxy) is 1. The van der Waals surface area contributed by atoms with Crippen LogP contribution in [0.4, 0.5) is 5.69 Å². The summed E-state index contributed by atoms with van der Waals surface area (Å²) in [7, 11) is 0. The van der Waals surface area contributed by atoms with Gasteiger partial charge in [-0.3, -0.25) is 9.36 Å². The number of para-hydroxylation sites is 1. The third-order valence-corrected chi connectivity index (χ3v) is 3.75. The van der Waals surface area contributed by atoms with Gasteiger partial charge >= 0.3 is 0 Å². The third-order valence-electron chi connectivity index (χ3n) is 3.45. The van der Waals surface area contributed by atoms with Crippen molar-refractivity contribution >= 4 is 23.8 Å². The molecule has 0 aliphatic carbocycles. The first-order valence-electron chi connectivity index (χ1n) is 7.59. The Morgan fingerprint density at radius 3 is 2.54 bits per heavy atom. The van der Waals surface area contributed by atoms with Crippen molar-refractivity contribution in [3.8, 4) is 11.4 Å². The highest BCUT2D eigenvalue weighted by molar-refractivity contribution is 7.71. The second kappa shape index (κ2) is 7.14. The number of carbonyl (C=O) groups is 1. The fraction of sp³-hybridized carbons (Fsp3) is 0.111. The second-order valence-electron chi connectivity index (χ2n) is 5.06. The van der Waals surface area contributed by atoms with Crippen molar-refractivity contribution in [2.75, 3.05) is 11.9 Å². The summed E-state index contributed by atoms with van der Waals surface area (Å²) >= 11 is 5.30. The number of anilines is 1. The maximum absolute atomic E-state index is 12.6. The number of aromatic nitrogens is 2. The molecule has 3 rings (SSSR count). The maximum Gasteiger partial charge on any atom is 0.274 e. The Hall–Kier alpha value is -2.86. The summed E-state index contributed by atoms with van der Waals surface area (Å²) in [4.78, 5) is 15.5. The molecule has 0 atom stereocenters. The van der Waals surface area contributed by atoms with Crippen LogP contribution in [0.15, 0.2) is 60.8 Å². The molecule has 0 fully saturated rings. The lowest BCUT2D eigenvalue weighted by Gasteiger charge is -2.10. The van der Waals surface area contributed by atoms with Crippen LogP contribution in [0.3, 0.4) is 0 Å². The monoisotopic (exact) mass is 339 g/mol. The third kappa shape index (κ3) is 3.38. The summed E-state index contributed by atoms with van der Waals surface area (Å²) in [6.45, 7) is 2.53. The molecule has 0 aliphatic heterocycles. The standard InChI is InChI=1S/C18H17N3O2S/c1-2-23-15-10-8-13(9-11-15)20-17(22)16-12-19-18(24)21(16)14-6-4-3-5-7-14/h3-12H,2H2,1H3,(H,19,24)(H,20,22). The van der Waals surface area contributed by atoms with Crippen molar-refractivity contribution in [3.63, 3.8) is 0 Å². The molecule has 5 nitrogen and oxygen atoms in total. The maximum atomic E-state index is 12.6. The van der Waals surface area contributed by atoms with Crippen LogP contribution in [0.25, 0.3) is 5.69 Å². The van der Waals surface area contributed by atoms with E-state index in [1.807, 2.05) is 49.4 Å². The van der Waals surface area contributed by atoms with Crippen molar-refractivity contribution in [2.45, 2.75) is 6.92 Å². The number of H-pyrrole nitrogens is 1. The quantitative estimate of drug-likeness (QED) is 0.685. The molecule has 2 aromatic carbocycles. The number of hydrogen-bond acceptors (Lipinski definition) is 3. The SMILES string of the molecule is CCOc1ccc(NC(=O)c2c[nH]c(=S)n2-c2ccccc2)cc1. The number of nitrogens with one attached hydrogen (secondary N) is 2. The smallest absolute Gasteiger partial charge is 0.274 e. The highest BCUT2D eigenvalue weighted by Crippen LogP contribution is 2.18. The van der Waals surface area contributed by atoms with E-state index in [1.54, 1.807) is 22.9 Å². The van der Waals surface area contributed by atoms with E-state index in [0.717, 1.165) is 11.4 Å². The molecule has 6 heteroatoms. The lowest BCUT2D eigenvalue weighted by atomic mass is 10.2. The second-order valence-corrected chi connectivity index (χ2v) is 5.45. The highest BCUT2D eigenvalue weighted by Gasteiger charge is 2.14. The lowest BCUT2D eigenvalue weighted by molar-refractivity contribution is 0.102. The van der Waals surface area contributed by atoms with Gasteiger partial charge in [0.05, 0.1) is 6.61 Å². The molecule has 3 aromatic rings. The van der Waals surface area contributed by atoms with Crippen LogP contribution in [-0.2, 0) is 0 Å². The van der Waals surface area contributed by atoms with E-state index >= 15 is 0 Å². The van der Waals surface area contributed by atoms with E-state index < -0.39 is 0 Å². The Morgan fingerprint density at radius 1 is 1.17 bits per heavy atom. The molecule has 0 spiro atoms. The number of amides is 1. The fourth-order valence-corrected chi connectivity index (χ4v) is 2.63. The zero-order chi connectivity index (χ0) is 16.9. The molecule has 0 saturated heterocycles. The number of nitrogens with zero attached hydrogens (tertiary/aromatic N) is 1. The molecule has 1 heterocycles. The van der Waals surface area contributed by atoms with Gasteiger partial charge in [-0.1, -0.05) is 18.2 Å². The molecular weight excluding hydrogens is 322 g/mol. The van der Waals surface area contributed by atoms with Crippen molar-refractivity contribution in [1.82, 2.24) is 9.55 Å². The average molecular weight is 339 g/mol. The van der Waals surface area contributed by atoms with E-state index in [4.69, 9.17) is 17.0 Å². The Bertz CT molecular complexity index is 883. The predicted octanol–water partition coefficient (Wildman–Crippen LogP) is 4.19. The molecule has 0 bridgehead atoms. The van der Waals surface area contributed by atoms with Gasteiger partial charge in [0.2, 0.25) is 0 Å². The number of aromatic amines is 1.